The Hall–Kier alpha value is -1.64. The number of H-pyrrole nitrogens is 1. The van der Waals surface area contributed by atoms with Gasteiger partial charge in [-0.1, -0.05) is 0 Å². The van der Waals surface area contributed by atoms with Gasteiger partial charge >= 0.3 is 0 Å². The Morgan fingerprint density at radius 1 is 1.31 bits per heavy atom. The van der Waals surface area contributed by atoms with Crippen LogP contribution in [0.4, 0.5) is 0 Å². The van der Waals surface area contributed by atoms with E-state index in [1.165, 1.54) is 0 Å². The average Bonchev–Trinajstić information content (AvgIpc) is 2.15. The summed E-state index contributed by atoms with van der Waals surface area (Å²) in [5.41, 5.74) is 2.38. The van der Waals surface area contributed by atoms with Crippen molar-refractivity contribution < 1.29 is 0 Å². The molecular weight excluding hydrogens is 164 g/mol. The number of hydrogen-bond donors (Lipinski definition) is 1. The van der Waals surface area contributed by atoms with E-state index in [4.69, 9.17) is 0 Å². The highest BCUT2D eigenvalue weighted by Gasteiger charge is 2.03. The topological polar surface area (TPSA) is 45.8 Å². The van der Waals surface area contributed by atoms with Crippen LogP contribution in [0.1, 0.15) is 11.1 Å². The summed E-state index contributed by atoms with van der Waals surface area (Å²) in [7, 11) is 0. The highest BCUT2D eigenvalue weighted by atomic mass is 16.1. The van der Waals surface area contributed by atoms with Crippen LogP contribution in [0.3, 0.4) is 0 Å². The van der Waals surface area contributed by atoms with Crippen LogP contribution in [0.15, 0.2) is 23.1 Å². The van der Waals surface area contributed by atoms with Gasteiger partial charge in [0, 0.05) is 17.1 Å². The molecule has 0 aromatic carbocycles. The lowest BCUT2D eigenvalue weighted by Gasteiger charge is -2.02. The van der Waals surface area contributed by atoms with Gasteiger partial charge in [-0.05, 0) is 31.5 Å². The van der Waals surface area contributed by atoms with Gasteiger partial charge in [-0.3, -0.25) is 4.79 Å². The molecule has 0 unspecified atom stereocenters. The van der Waals surface area contributed by atoms with Crippen molar-refractivity contribution in [2.24, 2.45) is 0 Å². The maximum absolute atomic E-state index is 11.4. The number of aromatic amines is 1. The normalized spacial score (nSPS) is 10.6. The first-order chi connectivity index (χ1) is 6.20. The van der Waals surface area contributed by atoms with Gasteiger partial charge in [0.2, 0.25) is 0 Å². The lowest BCUT2D eigenvalue weighted by atomic mass is 10.1. The molecule has 0 aliphatic carbocycles. The second-order valence-corrected chi connectivity index (χ2v) is 3.10. The molecule has 66 valence electrons. The minimum absolute atomic E-state index is 0.0521. The summed E-state index contributed by atoms with van der Waals surface area (Å²) in [6.07, 6.45) is 1.67. The monoisotopic (exact) mass is 174 g/mol. The minimum atomic E-state index is -0.0521. The highest BCUT2D eigenvalue weighted by molar-refractivity contribution is 5.78. The van der Waals surface area contributed by atoms with E-state index in [0.717, 1.165) is 16.5 Å². The second kappa shape index (κ2) is 2.69. The first kappa shape index (κ1) is 7.98. The third-order valence-corrected chi connectivity index (χ3v) is 2.35. The smallest absolute Gasteiger partial charge is 0.252 e. The Balaban J connectivity index is 3.02. The molecule has 0 bridgehead atoms. The number of pyridine rings is 2. The number of aromatic nitrogens is 2. The predicted molar refractivity (Wildman–Crippen MR) is 51.8 cm³/mol. The SMILES string of the molecule is Cc1c(C)c2cccnc2[nH]c1=O. The lowest BCUT2D eigenvalue weighted by molar-refractivity contribution is 1.16. The molecule has 0 aliphatic heterocycles. The summed E-state index contributed by atoms with van der Waals surface area (Å²) in [5.74, 6) is 0. The van der Waals surface area contributed by atoms with Gasteiger partial charge in [-0.15, -0.1) is 0 Å². The molecule has 0 amide bonds. The summed E-state index contributed by atoms with van der Waals surface area (Å²) in [6, 6.07) is 3.83. The van der Waals surface area contributed by atoms with Crippen LogP contribution < -0.4 is 5.56 Å². The molecule has 3 nitrogen and oxygen atoms in total. The van der Waals surface area contributed by atoms with Crippen molar-refractivity contribution in [2.75, 3.05) is 0 Å². The quantitative estimate of drug-likeness (QED) is 0.658. The van der Waals surface area contributed by atoms with E-state index in [2.05, 4.69) is 9.97 Å². The number of rotatable bonds is 0. The van der Waals surface area contributed by atoms with E-state index in [1.807, 2.05) is 26.0 Å². The summed E-state index contributed by atoms with van der Waals surface area (Å²) in [4.78, 5) is 18.2. The molecule has 0 atom stereocenters. The largest absolute Gasteiger partial charge is 0.306 e. The molecule has 3 heteroatoms. The standard InChI is InChI=1S/C10H10N2O/c1-6-7(2)10(13)12-9-8(6)4-3-5-11-9/h3-5H,1-2H3,(H,11,12,13). The van der Waals surface area contributed by atoms with Crippen molar-refractivity contribution in [1.29, 1.82) is 0 Å². The fourth-order valence-electron chi connectivity index (χ4n) is 1.38. The summed E-state index contributed by atoms with van der Waals surface area (Å²) < 4.78 is 0. The maximum atomic E-state index is 11.4. The van der Waals surface area contributed by atoms with Crippen LogP contribution in [-0.2, 0) is 0 Å². The van der Waals surface area contributed by atoms with E-state index in [-0.39, 0.29) is 5.56 Å². The average molecular weight is 174 g/mol. The highest BCUT2D eigenvalue weighted by Crippen LogP contribution is 2.13. The van der Waals surface area contributed by atoms with Gasteiger partial charge in [-0.25, -0.2) is 4.98 Å². The van der Waals surface area contributed by atoms with E-state index < -0.39 is 0 Å². The number of fused-ring (bicyclic) bond motifs is 1. The van der Waals surface area contributed by atoms with Crippen LogP contribution in [0.5, 0.6) is 0 Å². The minimum Gasteiger partial charge on any atom is -0.306 e. The molecule has 0 spiro atoms. The Kier molecular flexibility index (Phi) is 1.65. The Bertz CT molecular complexity index is 514. The first-order valence-electron chi connectivity index (χ1n) is 4.14. The van der Waals surface area contributed by atoms with Gasteiger partial charge in [0.05, 0.1) is 0 Å². The first-order valence-corrected chi connectivity index (χ1v) is 4.14. The van der Waals surface area contributed by atoms with Crippen LogP contribution >= 0.6 is 0 Å². The molecule has 0 aliphatic rings. The second-order valence-electron chi connectivity index (χ2n) is 3.10. The number of hydrogen-bond acceptors (Lipinski definition) is 2. The molecule has 2 rings (SSSR count). The Morgan fingerprint density at radius 3 is 2.85 bits per heavy atom. The van der Waals surface area contributed by atoms with E-state index >= 15 is 0 Å². The zero-order valence-corrected chi connectivity index (χ0v) is 7.59. The van der Waals surface area contributed by atoms with Gasteiger partial charge in [0.25, 0.3) is 5.56 Å². The third-order valence-electron chi connectivity index (χ3n) is 2.35. The van der Waals surface area contributed by atoms with Crippen molar-refractivity contribution in [1.82, 2.24) is 9.97 Å². The molecule has 13 heavy (non-hydrogen) atoms. The van der Waals surface area contributed by atoms with Crippen LogP contribution in [0.2, 0.25) is 0 Å². The maximum Gasteiger partial charge on any atom is 0.252 e. The van der Waals surface area contributed by atoms with Gasteiger partial charge < -0.3 is 4.98 Å². The molecule has 0 radical (unpaired) electrons. The van der Waals surface area contributed by atoms with Crippen molar-refractivity contribution in [3.63, 3.8) is 0 Å². The summed E-state index contributed by atoms with van der Waals surface area (Å²) in [6.45, 7) is 3.76. The van der Waals surface area contributed by atoms with Gasteiger partial charge in [0.15, 0.2) is 0 Å². The predicted octanol–water partition coefficient (Wildman–Crippen LogP) is 1.54. The Morgan fingerprint density at radius 2 is 2.08 bits per heavy atom. The molecule has 0 saturated heterocycles. The van der Waals surface area contributed by atoms with Crippen LogP contribution in [-0.4, -0.2) is 9.97 Å². The molecule has 0 fully saturated rings. The van der Waals surface area contributed by atoms with Gasteiger partial charge in [0.1, 0.15) is 5.65 Å². The van der Waals surface area contributed by atoms with Gasteiger partial charge in [-0.2, -0.15) is 0 Å². The fourth-order valence-corrected chi connectivity index (χ4v) is 1.38. The fraction of sp³-hybridized carbons (Fsp3) is 0.200. The van der Waals surface area contributed by atoms with E-state index in [0.29, 0.717) is 5.65 Å². The van der Waals surface area contributed by atoms with Crippen molar-refractivity contribution in [3.8, 4) is 0 Å². The summed E-state index contributed by atoms with van der Waals surface area (Å²) >= 11 is 0. The van der Waals surface area contributed by atoms with Crippen molar-refractivity contribution in [3.05, 3.63) is 39.8 Å². The zero-order chi connectivity index (χ0) is 9.42. The van der Waals surface area contributed by atoms with E-state index in [1.54, 1.807) is 6.20 Å². The van der Waals surface area contributed by atoms with Crippen molar-refractivity contribution in [2.45, 2.75) is 13.8 Å². The Labute approximate surface area is 75.4 Å². The molecule has 2 heterocycles. The molecule has 2 aromatic rings. The number of aryl methyl sites for hydroxylation is 1. The molecular formula is C10H10N2O. The zero-order valence-electron chi connectivity index (χ0n) is 7.59. The molecule has 2 aromatic heterocycles. The lowest BCUT2D eigenvalue weighted by Crippen LogP contribution is -2.11. The molecule has 0 saturated carbocycles. The van der Waals surface area contributed by atoms with Crippen LogP contribution in [0.25, 0.3) is 11.0 Å². The van der Waals surface area contributed by atoms with E-state index in [9.17, 15) is 4.79 Å². The number of nitrogens with one attached hydrogen (secondary N) is 1. The van der Waals surface area contributed by atoms with Crippen molar-refractivity contribution >= 4 is 11.0 Å². The molecule has 1 N–H and O–H groups in total. The van der Waals surface area contributed by atoms with Crippen LogP contribution in [0, 0.1) is 13.8 Å². The number of nitrogens with zero attached hydrogens (tertiary/aromatic N) is 1. The third kappa shape index (κ3) is 1.13. The summed E-state index contributed by atoms with van der Waals surface area (Å²) in [5, 5.41) is 1.01.